The molecule has 0 bridgehead atoms. The van der Waals surface area contributed by atoms with Crippen LogP contribution >= 0.6 is 11.5 Å². The van der Waals surface area contributed by atoms with Crippen LogP contribution in [0.1, 0.15) is 37.0 Å². The van der Waals surface area contributed by atoms with Gasteiger partial charge in [-0.1, -0.05) is 6.07 Å². The molecule has 4 heterocycles. The Morgan fingerprint density at radius 2 is 2.12 bits per heavy atom. The number of hydrogen-bond acceptors (Lipinski definition) is 7. The maximum Gasteiger partial charge on any atom is 0.271 e. The van der Waals surface area contributed by atoms with Gasteiger partial charge in [-0.25, -0.2) is 4.39 Å². The lowest BCUT2D eigenvalue weighted by molar-refractivity contribution is 0.413. The van der Waals surface area contributed by atoms with E-state index in [9.17, 15) is 9.59 Å². The van der Waals surface area contributed by atoms with Crippen molar-refractivity contribution in [1.29, 1.82) is 0 Å². The molecule has 1 saturated carbocycles. The molecule has 2 fully saturated rings. The van der Waals surface area contributed by atoms with Gasteiger partial charge in [0.2, 0.25) is 5.43 Å². The van der Waals surface area contributed by atoms with Crippen LogP contribution in [0.15, 0.2) is 40.1 Å². The van der Waals surface area contributed by atoms with Gasteiger partial charge in [-0.05, 0) is 54.9 Å². The maximum atomic E-state index is 15.6. The van der Waals surface area contributed by atoms with Crippen molar-refractivity contribution in [2.75, 3.05) is 25.1 Å². The number of halogens is 1. The highest BCUT2D eigenvalue weighted by Gasteiger charge is 2.35. The third-order valence-corrected chi connectivity index (χ3v) is 7.87. The number of nitrogens with two attached hydrogens (primary N) is 1. The van der Waals surface area contributed by atoms with Crippen LogP contribution in [0.25, 0.3) is 21.1 Å². The zero-order valence-electron chi connectivity index (χ0n) is 18.6. The van der Waals surface area contributed by atoms with Gasteiger partial charge in [0.15, 0.2) is 11.6 Å². The van der Waals surface area contributed by atoms with E-state index in [4.69, 9.17) is 10.5 Å². The highest BCUT2D eigenvalue weighted by Crippen LogP contribution is 2.46. The number of pyridine rings is 2. The van der Waals surface area contributed by atoms with E-state index in [1.807, 2.05) is 27.7 Å². The van der Waals surface area contributed by atoms with Crippen molar-refractivity contribution >= 4 is 38.3 Å². The predicted molar refractivity (Wildman–Crippen MR) is 130 cm³/mol. The summed E-state index contributed by atoms with van der Waals surface area (Å²) in [6.45, 7) is 1.15. The van der Waals surface area contributed by atoms with Gasteiger partial charge in [0.1, 0.15) is 15.9 Å². The minimum Gasteiger partial charge on any atom is -0.492 e. The van der Waals surface area contributed by atoms with Crippen LogP contribution in [0.3, 0.4) is 0 Å². The zero-order valence-corrected chi connectivity index (χ0v) is 19.4. The van der Waals surface area contributed by atoms with Crippen LogP contribution < -0.4 is 26.4 Å². The van der Waals surface area contributed by atoms with Gasteiger partial charge in [-0.15, -0.1) is 0 Å². The second-order valence-electron chi connectivity index (χ2n) is 9.06. The minimum absolute atomic E-state index is 0.0844. The number of nitrogens with one attached hydrogen (secondary N) is 1. The van der Waals surface area contributed by atoms with Crippen molar-refractivity contribution in [3.63, 3.8) is 0 Å². The Hall–Kier alpha value is -3.24. The molecular weight excluding hydrogens is 457 g/mol. The fourth-order valence-electron chi connectivity index (χ4n) is 5.19. The molecule has 3 N–H and O–H groups in total. The van der Waals surface area contributed by atoms with Crippen molar-refractivity contribution in [3.05, 3.63) is 62.6 Å². The zero-order chi connectivity index (χ0) is 23.6. The Bertz CT molecular complexity index is 1530. The molecule has 1 unspecified atom stereocenters. The van der Waals surface area contributed by atoms with Crippen molar-refractivity contribution in [1.82, 2.24) is 13.9 Å². The van der Waals surface area contributed by atoms with Gasteiger partial charge in [0.05, 0.1) is 29.7 Å². The standard InChI is InChI=1S/C24H24FN5O3S/c1-33-22-19-14(21(31)17-23(32)28-34-24(17)30(19)13-5-6-13)10-15(25)20(22)29-9-7-12(11-29)18(26)16-4-2-3-8-27-16/h2-4,8,10,12-13,18H,5-7,9,11,26H2,1H3,(H,28,32)/t12-,18?/m1/s1. The molecule has 1 aromatic carbocycles. The Kier molecular flexibility index (Phi) is 4.96. The second-order valence-corrected chi connectivity index (χ2v) is 9.85. The summed E-state index contributed by atoms with van der Waals surface area (Å²) in [6, 6.07) is 6.82. The highest BCUT2D eigenvalue weighted by atomic mass is 32.1. The SMILES string of the molecule is COc1c(N2CC[C@@H](C(N)c3ccccn3)C2)c(F)cc2c(=O)c3c(=O)[nH]sc3n(C3CC3)c12. The number of methoxy groups -OCH3 is 1. The molecule has 0 radical (unpaired) electrons. The highest BCUT2D eigenvalue weighted by molar-refractivity contribution is 7.12. The number of hydrogen-bond donors (Lipinski definition) is 2. The molecule has 34 heavy (non-hydrogen) atoms. The molecular formula is C24H24FN5O3S. The van der Waals surface area contributed by atoms with Crippen LogP contribution in [0.2, 0.25) is 0 Å². The van der Waals surface area contributed by atoms with E-state index in [-0.39, 0.29) is 28.8 Å². The quantitative estimate of drug-likeness (QED) is 0.453. The number of rotatable bonds is 5. The third-order valence-electron chi connectivity index (χ3n) is 6.99. The fraction of sp³-hybridized carbons (Fsp3) is 0.375. The van der Waals surface area contributed by atoms with E-state index in [0.717, 1.165) is 36.5 Å². The molecule has 0 spiro atoms. The van der Waals surface area contributed by atoms with Gasteiger partial charge in [-0.2, -0.15) is 0 Å². The number of aromatic amines is 1. The van der Waals surface area contributed by atoms with Gasteiger partial charge in [0.25, 0.3) is 5.56 Å². The average Bonchev–Trinajstić information content (AvgIpc) is 3.44. The molecule has 1 aliphatic heterocycles. The van der Waals surface area contributed by atoms with Crippen LogP contribution in [-0.2, 0) is 0 Å². The van der Waals surface area contributed by atoms with Crippen molar-refractivity contribution in [2.45, 2.75) is 31.3 Å². The fourth-order valence-corrected chi connectivity index (χ4v) is 6.10. The van der Waals surface area contributed by atoms with E-state index >= 15 is 4.39 Å². The third kappa shape index (κ3) is 3.16. The summed E-state index contributed by atoms with van der Waals surface area (Å²) in [4.78, 5) is 32.5. The summed E-state index contributed by atoms with van der Waals surface area (Å²) in [5, 5.41) is 0.253. The monoisotopic (exact) mass is 481 g/mol. The van der Waals surface area contributed by atoms with Crippen molar-refractivity contribution in [2.24, 2.45) is 11.7 Å². The Morgan fingerprint density at radius 1 is 1.29 bits per heavy atom. The molecule has 2 atom stereocenters. The predicted octanol–water partition coefficient (Wildman–Crippen LogP) is 3.31. The van der Waals surface area contributed by atoms with E-state index in [1.54, 1.807) is 6.20 Å². The lowest BCUT2D eigenvalue weighted by atomic mass is 9.96. The summed E-state index contributed by atoms with van der Waals surface area (Å²) in [6.07, 6.45) is 4.37. The molecule has 2 aliphatic rings. The number of anilines is 1. The van der Waals surface area contributed by atoms with Crippen molar-refractivity contribution in [3.8, 4) is 5.75 Å². The summed E-state index contributed by atoms with van der Waals surface area (Å²) >= 11 is 1.14. The summed E-state index contributed by atoms with van der Waals surface area (Å²) in [5.74, 6) is -0.117. The van der Waals surface area contributed by atoms with E-state index in [2.05, 4.69) is 9.36 Å². The first-order valence-electron chi connectivity index (χ1n) is 11.4. The van der Waals surface area contributed by atoms with Gasteiger partial charge in [0, 0.05) is 25.3 Å². The number of fused-ring (bicyclic) bond motifs is 2. The maximum absolute atomic E-state index is 15.6. The first-order valence-corrected chi connectivity index (χ1v) is 12.2. The average molecular weight is 482 g/mol. The molecule has 10 heteroatoms. The van der Waals surface area contributed by atoms with Crippen molar-refractivity contribution < 1.29 is 9.13 Å². The first-order chi connectivity index (χ1) is 16.5. The largest absolute Gasteiger partial charge is 0.492 e. The number of ether oxygens (including phenoxy) is 1. The summed E-state index contributed by atoms with van der Waals surface area (Å²) in [5.41, 5.74) is 7.30. The number of aromatic nitrogens is 3. The van der Waals surface area contributed by atoms with E-state index in [0.29, 0.717) is 34.9 Å². The summed E-state index contributed by atoms with van der Waals surface area (Å²) < 4.78 is 26.1. The molecule has 176 valence electrons. The van der Waals surface area contributed by atoms with E-state index < -0.39 is 16.8 Å². The summed E-state index contributed by atoms with van der Waals surface area (Å²) in [7, 11) is 1.50. The Balaban J connectivity index is 1.51. The topological polar surface area (TPSA) is 106 Å². The molecule has 3 aromatic heterocycles. The molecule has 8 nitrogen and oxygen atoms in total. The molecule has 1 aliphatic carbocycles. The number of H-pyrrole nitrogens is 1. The van der Waals surface area contributed by atoms with Crippen LogP contribution in [0.5, 0.6) is 5.75 Å². The number of benzene rings is 1. The molecule has 6 rings (SSSR count). The van der Waals surface area contributed by atoms with Gasteiger partial charge >= 0.3 is 0 Å². The van der Waals surface area contributed by atoms with E-state index in [1.165, 1.54) is 13.2 Å². The molecule has 4 aromatic rings. The second kappa shape index (κ2) is 7.92. The molecule has 0 amide bonds. The molecule has 1 saturated heterocycles. The lowest BCUT2D eigenvalue weighted by Crippen LogP contribution is -2.27. The Labute approximate surface area is 197 Å². The first kappa shape index (κ1) is 21.3. The van der Waals surface area contributed by atoms with Gasteiger partial charge < -0.3 is 19.9 Å². The van der Waals surface area contributed by atoms with Crippen LogP contribution in [0.4, 0.5) is 10.1 Å². The number of nitrogens with zero attached hydrogens (tertiary/aromatic N) is 3. The van der Waals surface area contributed by atoms with Gasteiger partial charge in [-0.3, -0.25) is 18.9 Å². The minimum atomic E-state index is -0.540. The lowest BCUT2D eigenvalue weighted by Gasteiger charge is -2.25. The van der Waals surface area contributed by atoms with Crippen LogP contribution in [0, 0.1) is 11.7 Å². The normalized spacial score (nSPS) is 19.3. The smallest absolute Gasteiger partial charge is 0.271 e. The Morgan fingerprint density at radius 3 is 2.82 bits per heavy atom. The van der Waals surface area contributed by atoms with Crippen LogP contribution in [-0.4, -0.2) is 34.1 Å².